The maximum atomic E-state index is 13.1. The third kappa shape index (κ3) is 4.43. The van der Waals surface area contributed by atoms with Crippen LogP contribution in [-0.4, -0.2) is 52.4 Å². The summed E-state index contributed by atoms with van der Waals surface area (Å²) < 4.78 is 20.4. The van der Waals surface area contributed by atoms with E-state index in [0.29, 0.717) is 18.1 Å². The summed E-state index contributed by atoms with van der Waals surface area (Å²) in [7, 11) is 0. The van der Waals surface area contributed by atoms with E-state index in [2.05, 4.69) is 15.3 Å². The predicted octanol–water partition coefficient (Wildman–Crippen LogP) is 2.37. The van der Waals surface area contributed by atoms with Crippen LogP contribution >= 0.6 is 0 Å². The highest BCUT2D eigenvalue weighted by atomic mass is 19.1. The molecule has 7 heteroatoms. The van der Waals surface area contributed by atoms with E-state index in [-0.39, 0.29) is 23.9 Å². The van der Waals surface area contributed by atoms with E-state index in [1.807, 2.05) is 20.8 Å². The molecule has 1 N–H and O–H groups in total. The molecule has 25 heavy (non-hydrogen) atoms. The van der Waals surface area contributed by atoms with Crippen molar-refractivity contribution in [2.75, 3.05) is 25.0 Å². The molecular formula is C18H23FN4O2. The van der Waals surface area contributed by atoms with Crippen LogP contribution in [0.25, 0.3) is 5.69 Å². The fourth-order valence-corrected chi connectivity index (χ4v) is 3.17. The standard InChI is InChI=1S/C18H23FN4O2/c1-12-8-17(23(21-12)16-6-4-15(19)5-7-16)20-18(24)11-22-9-13(2)25-14(3)10-22/h4-8,13-14H,9-11H2,1-3H3,(H,20,24). The zero-order chi connectivity index (χ0) is 18.0. The van der Waals surface area contributed by atoms with Gasteiger partial charge in [0.15, 0.2) is 0 Å². The average Bonchev–Trinajstić information content (AvgIpc) is 2.87. The Bertz CT molecular complexity index is 734. The number of aryl methyl sites for hydroxylation is 1. The number of hydrogen-bond acceptors (Lipinski definition) is 4. The molecule has 2 heterocycles. The van der Waals surface area contributed by atoms with E-state index < -0.39 is 0 Å². The normalized spacial score (nSPS) is 21.3. The van der Waals surface area contributed by atoms with Gasteiger partial charge in [-0.3, -0.25) is 9.69 Å². The van der Waals surface area contributed by atoms with Crippen LogP contribution in [0.1, 0.15) is 19.5 Å². The van der Waals surface area contributed by atoms with Gasteiger partial charge in [0, 0.05) is 19.2 Å². The van der Waals surface area contributed by atoms with Crippen LogP contribution in [0.3, 0.4) is 0 Å². The largest absolute Gasteiger partial charge is 0.373 e. The van der Waals surface area contributed by atoms with Gasteiger partial charge < -0.3 is 10.1 Å². The lowest BCUT2D eigenvalue weighted by molar-refractivity contribution is -0.121. The molecule has 2 atom stereocenters. The van der Waals surface area contributed by atoms with Crippen LogP contribution in [0.2, 0.25) is 0 Å². The van der Waals surface area contributed by atoms with Gasteiger partial charge in [0.1, 0.15) is 11.6 Å². The Morgan fingerprint density at radius 3 is 2.56 bits per heavy atom. The van der Waals surface area contributed by atoms with Crippen molar-refractivity contribution in [3.8, 4) is 5.69 Å². The number of rotatable bonds is 4. The Kier molecular flexibility index (Phi) is 5.15. The molecule has 0 spiro atoms. The molecular weight excluding hydrogens is 323 g/mol. The summed E-state index contributed by atoms with van der Waals surface area (Å²) in [6.45, 7) is 7.62. The first kappa shape index (κ1) is 17.6. The number of nitrogens with zero attached hydrogens (tertiary/aromatic N) is 3. The van der Waals surface area contributed by atoms with E-state index in [1.165, 1.54) is 12.1 Å². The van der Waals surface area contributed by atoms with Crippen molar-refractivity contribution in [3.63, 3.8) is 0 Å². The molecule has 6 nitrogen and oxygen atoms in total. The second-order valence-corrected chi connectivity index (χ2v) is 6.56. The van der Waals surface area contributed by atoms with Crippen molar-refractivity contribution in [2.24, 2.45) is 0 Å². The van der Waals surface area contributed by atoms with Crippen LogP contribution in [-0.2, 0) is 9.53 Å². The minimum absolute atomic E-state index is 0.107. The van der Waals surface area contributed by atoms with Gasteiger partial charge in [0.25, 0.3) is 0 Å². The molecule has 1 fully saturated rings. The van der Waals surface area contributed by atoms with Gasteiger partial charge in [-0.05, 0) is 45.0 Å². The number of nitrogens with one attached hydrogen (secondary N) is 1. The van der Waals surface area contributed by atoms with Gasteiger partial charge in [0.05, 0.1) is 30.1 Å². The predicted molar refractivity (Wildman–Crippen MR) is 93.3 cm³/mol. The van der Waals surface area contributed by atoms with Crippen molar-refractivity contribution >= 4 is 11.7 Å². The molecule has 1 saturated heterocycles. The first-order valence-electron chi connectivity index (χ1n) is 8.41. The van der Waals surface area contributed by atoms with Crippen LogP contribution in [0, 0.1) is 12.7 Å². The lowest BCUT2D eigenvalue weighted by Gasteiger charge is -2.34. The number of hydrogen-bond donors (Lipinski definition) is 1. The highest BCUT2D eigenvalue weighted by molar-refractivity contribution is 5.91. The van der Waals surface area contributed by atoms with Gasteiger partial charge in [0.2, 0.25) is 5.91 Å². The summed E-state index contributed by atoms with van der Waals surface area (Å²) in [5.74, 6) is 0.154. The zero-order valence-corrected chi connectivity index (χ0v) is 14.7. The monoisotopic (exact) mass is 346 g/mol. The van der Waals surface area contributed by atoms with E-state index in [4.69, 9.17) is 4.74 Å². The first-order valence-corrected chi connectivity index (χ1v) is 8.41. The Balaban J connectivity index is 1.70. The number of halogens is 1. The maximum Gasteiger partial charge on any atom is 0.239 e. The average molecular weight is 346 g/mol. The van der Waals surface area contributed by atoms with Crippen molar-refractivity contribution in [2.45, 2.75) is 33.0 Å². The summed E-state index contributed by atoms with van der Waals surface area (Å²) in [4.78, 5) is 14.5. The molecule has 2 unspecified atom stereocenters. The van der Waals surface area contributed by atoms with Crippen LogP contribution in [0.4, 0.5) is 10.2 Å². The quantitative estimate of drug-likeness (QED) is 0.923. The highest BCUT2D eigenvalue weighted by Crippen LogP contribution is 2.18. The molecule has 0 aliphatic carbocycles. The number of ether oxygens (including phenoxy) is 1. The molecule has 1 aliphatic rings. The number of morpholine rings is 1. The minimum Gasteiger partial charge on any atom is -0.373 e. The Morgan fingerprint density at radius 1 is 1.28 bits per heavy atom. The zero-order valence-electron chi connectivity index (χ0n) is 14.7. The van der Waals surface area contributed by atoms with Crippen molar-refractivity contribution in [1.29, 1.82) is 0 Å². The summed E-state index contributed by atoms with van der Waals surface area (Å²) in [6, 6.07) is 7.79. The number of carbonyl (C=O) groups is 1. The van der Waals surface area contributed by atoms with E-state index >= 15 is 0 Å². The van der Waals surface area contributed by atoms with Crippen LogP contribution < -0.4 is 5.32 Å². The molecule has 1 aliphatic heterocycles. The van der Waals surface area contributed by atoms with E-state index in [0.717, 1.165) is 18.8 Å². The molecule has 1 aromatic carbocycles. The Hall–Kier alpha value is -2.25. The van der Waals surface area contributed by atoms with Gasteiger partial charge in [-0.25, -0.2) is 9.07 Å². The Labute approximate surface area is 146 Å². The number of benzene rings is 1. The highest BCUT2D eigenvalue weighted by Gasteiger charge is 2.24. The van der Waals surface area contributed by atoms with E-state index in [1.54, 1.807) is 22.9 Å². The molecule has 0 radical (unpaired) electrons. The van der Waals surface area contributed by atoms with Gasteiger partial charge in [-0.1, -0.05) is 0 Å². The summed E-state index contributed by atoms with van der Waals surface area (Å²) in [5.41, 5.74) is 1.46. The molecule has 0 saturated carbocycles. The SMILES string of the molecule is Cc1cc(NC(=O)CN2CC(C)OC(C)C2)n(-c2ccc(F)cc2)n1. The van der Waals surface area contributed by atoms with Gasteiger partial charge in [-0.2, -0.15) is 5.10 Å². The van der Waals surface area contributed by atoms with Crippen molar-refractivity contribution in [1.82, 2.24) is 14.7 Å². The van der Waals surface area contributed by atoms with Crippen molar-refractivity contribution < 1.29 is 13.9 Å². The first-order chi connectivity index (χ1) is 11.9. The summed E-state index contributed by atoms with van der Waals surface area (Å²) in [5, 5.41) is 7.29. The maximum absolute atomic E-state index is 13.1. The van der Waals surface area contributed by atoms with Crippen LogP contribution in [0.5, 0.6) is 0 Å². The van der Waals surface area contributed by atoms with Gasteiger partial charge >= 0.3 is 0 Å². The van der Waals surface area contributed by atoms with Crippen molar-refractivity contribution in [3.05, 3.63) is 41.8 Å². The fraction of sp³-hybridized carbons (Fsp3) is 0.444. The Morgan fingerprint density at radius 2 is 1.92 bits per heavy atom. The second kappa shape index (κ2) is 7.33. The molecule has 3 rings (SSSR count). The lowest BCUT2D eigenvalue weighted by Crippen LogP contribution is -2.48. The molecule has 0 bridgehead atoms. The fourth-order valence-electron chi connectivity index (χ4n) is 3.17. The number of aromatic nitrogens is 2. The smallest absolute Gasteiger partial charge is 0.239 e. The summed E-state index contributed by atoms with van der Waals surface area (Å²) in [6.07, 6.45) is 0.229. The molecule has 134 valence electrons. The summed E-state index contributed by atoms with van der Waals surface area (Å²) >= 11 is 0. The number of carbonyl (C=O) groups excluding carboxylic acids is 1. The number of amides is 1. The van der Waals surface area contributed by atoms with Crippen LogP contribution in [0.15, 0.2) is 30.3 Å². The van der Waals surface area contributed by atoms with Gasteiger partial charge in [-0.15, -0.1) is 0 Å². The third-order valence-corrected chi connectivity index (χ3v) is 4.03. The molecule has 2 aromatic rings. The molecule has 1 amide bonds. The van der Waals surface area contributed by atoms with E-state index in [9.17, 15) is 9.18 Å². The lowest BCUT2D eigenvalue weighted by atomic mass is 10.2. The minimum atomic E-state index is -0.311. The second-order valence-electron chi connectivity index (χ2n) is 6.56. The molecule has 1 aromatic heterocycles. The number of anilines is 1. The topological polar surface area (TPSA) is 59.4 Å². The third-order valence-electron chi connectivity index (χ3n) is 4.03.